The van der Waals surface area contributed by atoms with E-state index in [4.69, 9.17) is 10.00 Å². The summed E-state index contributed by atoms with van der Waals surface area (Å²) in [7, 11) is -4.66. The Labute approximate surface area is 242 Å². The third kappa shape index (κ3) is 6.31. The number of nitriles is 1. The van der Waals surface area contributed by atoms with E-state index in [0.29, 0.717) is 26.5 Å². The first-order chi connectivity index (χ1) is 19.9. The van der Waals surface area contributed by atoms with E-state index in [2.05, 4.69) is 20.5 Å². The quantitative estimate of drug-likeness (QED) is 0.412. The number of nitrogens with zero attached hydrogens (tertiary/aromatic N) is 4. The summed E-state index contributed by atoms with van der Waals surface area (Å²) in [4.78, 5) is 24.2. The molecule has 1 aliphatic carbocycles. The van der Waals surface area contributed by atoms with E-state index in [-0.39, 0.29) is 34.0 Å². The molecule has 4 rings (SSSR count). The number of alkyl halides is 5. The normalized spacial score (nSPS) is 21.8. The summed E-state index contributed by atoms with van der Waals surface area (Å²) < 4.78 is 106. The average Bonchev–Trinajstić information content (AvgIpc) is 3.58. The number of sulfonamides is 1. The number of fused-ring (bicyclic) bond motifs is 1. The highest BCUT2D eigenvalue weighted by molar-refractivity contribution is 7.93. The van der Waals surface area contributed by atoms with Crippen LogP contribution >= 0.6 is 0 Å². The molecule has 0 spiro atoms. The molecule has 1 aliphatic heterocycles. The summed E-state index contributed by atoms with van der Waals surface area (Å²) >= 11 is 0. The number of hydrogen-bond acceptors (Lipinski definition) is 8. The SMILES string of the molecule is Cc1nn(C(F)F)cc1S(=O)(=O)N1c2cc(NC(=O)OC(C)(C)C(F)(F)F)ccc2O[C@@H](CNC(=O)[C@H]2CC2C#N)[C@H]1C. The highest BCUT2D eigenvalue weighted by Crippen LogP contribution is 2.43. The molecular formula is C25H27F5N6O6S. The minimum absolute atomic E-state index is 0.0595. The van der Waals surface area contributed by atoms with Crippen LogP contribution in [0.1, 0.15) is 39.4 Å². The smallest absolute Gasteiger partial charge is 0.427 e. The van der Waals surface area contributed by atoms with Crippen LogP contribution in [0, 0.1) is 30.1 Å². The molecule has 0 bridgehead atoms. The van der Waals surface area contributed by atoms with Gasteiger partial charge in [-0.1, -0.05) is 0 Å². The van der Waals surface area contributed by atoms with Crippen molar-refractivity contribution in [1.29, 1.82) is 5.26 Å². The third-order valence-corrected chi connectivity index (χ3v) is 9.04. The molecule has 2 amide bonds. The number of aryl methyl sites for hydroxylation is 1. The molecule has 2 heterocycles. The van der Waals surface area contributed by atoms with Crippen LogP contribution in [0.3, 0.4) is 0 Å². The number of anilines is 2. The van der Waals surface area contributed by atoms with Gasteiger partial charge in [0.25, 0.3) is 10.0 Å². The molecule has 234 valence electrons. The van der Waals surface area contributed by atoms with E-state index in [1.54, 1.807) is 0 Å². The zero-order chi connectivity index (χ0) is 32.1. The molecule has 4 atom stereocenters. The van der Waals surface area contributed by atoms with Crippen LogP contribution in [-0.4, -0.2) is 60.7 Å². The molecule has 1 aromatic heterocycles. The van der Waals surface area contributed by atoms with E-state index >= 15 is 0 Å². The topological polar surface area (TPSA) is 156 Å². The summed E-state index contributed by atoms with van der Waals surface area (Å²) in [6.45, 7) is 0.616. The number of aromatic nitrogens is 2. The minimum Gasteiger partial charge on any atom is -0.484 e. The lowest BCUT2D eigenvalue weighted by Crippen LogP contribution is -2.54. The van der Waals surface area contributed by atoms with Gasteiger partial charge in [-0.2, -0.15) is 32.3 Å². The number of rotatable bonds is 8. The maximum Gasteiger partial charge on any atom is 0.427 e. The average molecular weight is 635 g/mol. The van der Waals surface area contributed by atoms with Crippen LogP contribution in [-0.2, 0) is 19.6 Å². The van der Waals surface area contributed by atoms with Crippen molar-refractivity contribution in [3.63, 3.8) is 0 Å². The number of amides is 2. The maximum atomic E-state index is 13.9. The Bertz CT molecular complexity index is 1570. The summed E-state index contributed by atoms with van der Waals surface area (Å²) in [5, 5.41) is 17.3. The molecule has 0 radical (unpaired) electrons. The van der Waals surface area contributed by atoms with Gasteiger partial charge in [-0.05, 0) is 52.3 Å². The molecule has 2 aliphatic rings. The fourth-order valence-electron chi connectivity index (χ4n) is 4.38. The molecule has 0 saturated heterocycles. The van der Waals surface area contributed by atoms with Gasteiger partial charge in [-0.25, -0.2) is 17.9 Å². The van der Waals surface area contributed by atoms with Crippen molar-refractivity contribution in [3.05, 3.63) is 30.1 Å². The van der Waals surface area contributed by atoms with Gasteiger partial charge < -0.3 is 14.8 Å². The highest BCUT2D eigenvalue weighted by Gasteiger charge is 2.51. The number of benzene rings is 1. The lowest BCUT2D eigenvalue weighted by atomic mass is 10.1. The molecule has 18 heteroatoms. The fraction of sp³-hybridized carbons (Fsp3) is 0.520. The molecule has 43 heavy (non-hydrogen) atoms. The van der Waals surface area contributed by atoms with Crippen LogP contribution in [0.15, 0.2) is 29.3 Å². The lowest BCUT2D eigenvalue weighted by molar-refractivity contribution is -0.242. The number of nitrogens with one attached hydrogen (secondary N) is 2. The second kappa shape index (κ2) is 11.2. The van der Waals surface area contributed by atoms with Crippen LogP contribution < -0.4 is 19.7 Å². The Morgan fingerprint density at radius 1 is 1.28 bits per heavy atom. The van der Waals surface area contributed by atoms with Crippen molar-refractivity contribution in [3.8, 4) is 11.8 Å². The van der Waals surface area contributed by atoms with Gasteiger partial charge >= 0.3 is 18.8 Å². The molecule has 1 aromatic carbocycles. The number of carbonyl (C=O) groups is 2. The van der Waals surface area contributed by atoms with Gasteiger partial charge in [0.05, 0.1) is 48.1 Å². The molecule has 1 unspecified atom stereocenters. The first kappa shape index (κ1) is 31.8. The van der Waals surface area contributed by atoms with Gasteiger partial charge in [0.15, 0.2) is 0 Å². The fourth-order valence-corrected chi connectivity index (χ4v) is 6.22. The highest BCUT2D eigenvalue weighted by atomic mass is 32.2. The predicted octanol–water partition coefficient (Wildman–Crippen LogP) is 4.10. The Hall–Kier alpha value is -4.14. The van der Waals surface area contributed by atoms with Crippen LogP contribution in [0.4, 0.5) is 38.1 Å². The largest absolute Gasteiger partial charge is 0.484 e. The zero-order valence-electron chi connectivity index (χ0n) is 23.1. The van der Waals surface area contributed by atoms with Crippen molar-refractivity contribution < 1.29 is 49.4 Å². The van der Waals surface area contributed by atoms with Crippen molar-refractivity contribution in [1.82, 2.24) is 15.1 Å². The van der Waals surface area contributed by atoms with Crippen molar-refractivity contribution >= 4 is 33.4 Å². The van der Waals surface area contributed by atoms with E-state index in [9.17, 15) is 40.0 Å². The van der Waals surface area contributed by atoms with Crippen LogP contribution in [0.5, 0.6) is 5.75 Å². The Kier molecular flexibility index (Phi) is 8.26. The molecule has 12 nitrogen and oxygen atoms in total. The minimum atomic E-state index is -4.88. The predicted molar refractivity (Wildman–Crippen MR) is 139 cm³/mol. The van der Waals surface area contributed by atoms with Crippen molar-refractivity contribution in [2.24, 2.45) is 11.8 Å². The number of carbonyl (C=O) groups excluding carboxylic acids is 2. The maximum absolute atomic E-state index is 13.9. The number of hydrogen-bond donors (Lipinski definition) is 2. The van der Waals surface area contributed by atoms with E-state index in [1.165, 1.54) is 26.0 Å². The molecular weight excluding hydrogens is 607 g/mol. The first-order valence-corrected chi connectivity index (χ1v) is 14.2. The number of halogens is 5. The molecule has 1 fully saturated rings. The van der Waals surface area contributed by atoms with Gasteiger partial charge in [-0.3, -0.25) is 14.4 Å². The molecule has 1 saturated carbocycles. The monoisotopic (exact) mass is 634 g/mol. The summed E-state index contributed by atoms with van der Waals surface area (Å²) in [6.07, 6.45) is -6.33. The third-order valence-electron chi connectivity index (χ3n) is 7.04. The second-order valence-corrected chi connectivity index (χ2v) is 12.3. The van der Waals surface area contributed by atoms with Crippen molar-refractivity contribution in [2.75, 3.05) is 16.2 Å². The molecule has 2 N–H and O–H groups in total. The lowest BCUT2D eigenvalue weighted by Gasteiger charge is -2.41. The summed E-state index contributed by atoms with van der Waals surface area (Å²) in [5.74, 6) is -1.40. The Balaban J connectivity index is 1.68. The van der Waals surface area contributed by atoms with Gasteiger partial charge in [0.1, 0.15) is 16.7 Å². The Morgan fingerprint density at radius 2 is 1.95 bits per heavy atom. The van der Waals surface area contributed by atoms with E-state index in [1.807, 2.05) is 6.07 Å². The van der Waals surface area contributed by atoms with Crippen LogP contribution in [0.25, 0.3) is 0 Å². The van der Waals surface area contributed by atoms with E-state index in [0.717, 1.165) is 10.4 Å². The number of ether oxygens (including phenoxy) is 2. The summed E-state index contributed by atoms with van der Waals surface area (Å²) in [5.41, 5.74) is -3.43. The zero-order valence-corrected chi connectivity index (χ0v) is 24.0. The van der Waals surface area contributed by atoms with Gasteiger partial charge in [-0.15, -0.1) is 0 Å². The second-order valence-electron chi connectivity index (χ2n) is 10.6. The summed E-state index contributed by atoms with van der Waals surface area (Å²) in [6, 6.07) is 4.47. The van der Waals surface area contributed by atoms with Crippen molar-refractivity contribution in [2.45, 2.75) is 69.5 Å². The van der Waals surface area contributed by atoms with Crippen LogP contribution in [0.2, 0.25) is 0 Å². The Morgan fingerprint density at radius 3 is 2.51 bits per heavy atom. The van der Waals surface area contributed by atoms with Gasteiger partial charge in [0.2, 0.25) is 11.5 Å². The molecule has 2 aromatic rings. The standard InChI is InChI=1S/C25H27F5N6O6S/c1-12-20(11-35(34-12)22(26)27)43(39,40)36-13(2)19(10-32-21(37)16-7-14(16)9-31)41-18-6-5-15(8-17(18)36)33-23(38)42-24(3,4)25(28,29)30/h5-6,8,11,13-14,16,19,22H,7,10H2,1-4H3,(H,32,37)(H,33,38)/t13-,14?,16+,19+/m1/s1. The van der Waals surface area contributed by atoms with Gasteiger partial charge in [0, 0.05) is 5.69 Å². The van der Waals surface area contributed by atoms with E-state index < -0.39 is 69.2 Å². The first-order valence-electron chi connectivity index (χ1n) is 12.8.